The third kappa shape index (κ3) is 4.23. The van der Waals surface area contributed by atoms with E-state index in [2.05, 4.69) is 25.6 Å². The van der Waals surface area contributed by atoms with E-state index in [1.54, 1.807) is 12.3 Å². The molecule has 0 aliphatic heterocycles. The smallest absolute Gasteiger partial charge is 0.305 e. The Hall–Kier alpha value is -2.70. The van der Waals surface area contributed by atoms with Gasteiger partial charge < -0.3 is 15.7 Å². The molecule has 0 bridgehead atoms. The van der Waals surface area contributed by atoms with Crippen LogP contribution in [0.5, 0.6) is 0 Å². The van der Waals surface area contributed by atoms with E-state index in [1.807, 2.05) is 18.2 Å². The molecule has 2 aromatic rings. The molecule has 0 spiro atoms. The van der Waals surface area contributed by atoms with Crippen molar-refractivity contribution in [1.82, 2.24) is 15.0 Å². The van der Waals surface area contributed by atoms with Crippen molar-refractivity contribution in [3.63, 3.8) is 0 Å². The van der Waals surface area contributed by atoms with Crippen molar-refractivity contribution in [1.29, 1.82) is 0 Å². The largest absolute Gasteiger partial charge is 0.481 e. The first kappa shape index (κ1) is 12.7. The molecule has 0 aliphatic rings. The zero-order valence-corrected chi connectivity index (χ0v) is 10.1. The van der Waals surface area contributed by atoms with Gasteiger partial charge in [0.2, 0.25) is 0 Å². The number of carboxylic acid groups (broad SMARTS) is 1. The van der Waals surface area contributed by atoms with E-state index in [4.69, 9.17) is 5.11 Å². The minimum Gasteiger partial charge on any atom is -0.481 e. The topological polar surface area (TPSA) is 100 Å². The van der Waals surface area contributed by atoms with Gasteiger partial charge in [0.25, 0.3) is 0 Å². The summed E-state index contributed by atoms with van der Waals surface area (Å²) in [6.45, 7) is 0.315. The lowest BCUT2D eigenvalue weighted by molar-refractivity contribution is -0.136. The van der Waals surface area contributed by atoms with Gasteiger partial charge in [-0.25, -0.2) is 15.0 Å². The van der Waals surface area contributed by atoms with Gasteiger partial charge in [-0.05, 0) is 12.1 Å². The van der Waals surface area contributed by atoms with E-state index in [9.17, 15) is 4.79 Å². The van der Waals surface area contributed by atoms with Crippen LogP contribution in [0.25, 0.3) is 0 Å². The first-order chi connectivity index (χ1) is 9.24. The number of carbonyl (C=O) groups is 1. The lowest BCUT2D eigenvalue weighted by Gasteiger charge is -2.07. The second kappa shape index (κ2) is 6.29. The third-order valence-corrected chi connectivity index (χ3v) is 2.23. The molecule has 3 N–H and O–H groups in total. The number of carboxylic acids is 1. The molecule has 0 saturated carbocycles. The summed E-state index contributed by atoms with van der Waals surface area (Å²) in [6, 6.07) is 7.20. The number of anilines is 3. The summed E-state index contributed by atoms with van der Waals surface area (Å²) in [6.07, 6.45) is 3.11. The van der Waals surface area contributed by atoms with Crippen LogP contribution in [0.1, 0.15) is 6.42 Å². The predicted molar refractivity (Wildman–Crippen MR) is 70.3 cm³/mol. The Morgan fingerprint density at radius 2 is 2.00 bits per heavy atom. The van der Waals surface area contributed by atoms with Gasteiger partial charge in [-0.2, -0.15) is 0 Å². The fraction of sp³-hybridized carbons (Fsp3) is 0.167. The van der Waals surface area contributed by atoms with Crippen LogP contribution < -0.4 is 10.6 Å². The quantitative estimate of drug-likeness (QED) is 0.722. The molecular weight excluding hydrogens is 246 g/mol. The number of aromatic nitrogens is 3. The van der Waals surface area contributed by atoms with Crippen LogP contribution in [-0.2, 0) is 4.79 Å². The van der Waals surface area contributed by atoms with Gasteiger partial charge >= 0.3 is 5.97 Å². The summed E-state index contributed by atoms with van der Waals surface area (Å²) >= 11 is 0. The zero-order chi connectivity index (χ0) is 13.5. The molecule has 0 amide bonds. The molecule has 7 heteroatoms. The number of hydrogen-bond acceptors (Lipinski definition) is 6. The molecule has 0 saturated heterocycles. The maximum absolute atomic E-state index is 10.4. The number of rotatable bonds is 6. The molecule has 0 atom stereocenters. The van der Waals surface area contributed by atoms with E-state index >= 15 is 0 Å². The second-order valence-electron chi connectivity index (χ2n) is 3.70. The Labute approximate surface area is 109 Å². The van der Waals surface area contributed by atoms with Gasteiger partial charge in [-0.3, -0.25) is 4.79 Å². The Balaban J connectivity index is 1.97. The maximum Gasteiger partial charge on any atom is 0.305 e. The molecule has 19 heavy (non-hydrogen) atoms. The van der Waals surface area contributed by atoms with Crippen molar-refractivity contribution in [3.8, 4) is 0 Å². The van der Waals surface area contributed by atoms with Gasteiger partial charge in [0.15, 0.2) is 0 Å². The molecule has 0 fully saturated rings. The van der Waals surface area contributed by atoms with Gasteiger partial charge in [0, 0.05) is 18.8 Å². The van der Waals surface area contributed by atoms with Crippen LogP contribution in [0.4, 0.5) is 17.5 Å². The fourth-order valence-corrected chi connectivity index (χ4v) is 1.39. The van der Waals surface area contributed by atoms with E-state index < -0.39 is 5.97 Å². The minimum absolute atomic E-state index is 0.0347. The lowest BCUT2D eigenvalue weighted by Crippen LogP contribution is -2.09. The van der Waals surface area contributed by atoms with Crippen LogP contribution in [0.15, 0.2) is 36.8 Å². The molecule has 2 heterocycles. The summed E-state index contributed by atoms with van der Waals surface area (Å²) < 4.78 is 0. The molecule has 0 radical (unpaired) electrons. The highest BCUT2D eigenvalue weighted by molar-refractivity contribution is 5.67. The Bertz CT molecular complexity index is 547. The van der Waals surface area contributed by atoms with Crippen LogP contribution in [0.3, 0.4) is 0 Å². The number of pyridine rings is 1. The van der Waals surface area contributed by atoms with Crippen LogP contribution in [0.2, 0.25) is 0 Å². The SMILES string of the molecule is O=C(O)CCNc1cc(Nc2ccccn2)ncn1. The predicted octanol–water partition coefficient (Wildman–Crippen LogP) is 1.50. The summed E-state index contributed by atoms with van der Waals surface area (Å²) in [5.41, 5.74) is 0. The average Bonchev–Trinajstić information content (AvgIpc) is 2.40. The first-order valence-electron chi connectivity index (χ1n) is 5.70. The van der Waals surface area contributed by atoms with Gasteiger partial charge in [-0.15, -0.1) is 0 Å². The Kier molecular flexibility index (Phi) is 4.22. The standard InChI is InChI=1S/C12H13N5O2/c18-12(19)4-6-14-10-7-11(16-8-15-10)17-9-3-1-2-5-13-9/h1-3,5,7-8H,4,6H2,(H,18,19)(H2,13,14,15,16,17). The van der Waals surface area contributed by atoms with Crippen molar-refractivity contribution in [2.24, 2.45) is 0 Å². The Morgan fingerprint density at radius 1 is 1.16 bits per heavy atom. The monoisotopic (exact) mass is 259 g/mol. The number of nitrogens with zero attached hydrogens (tertiary/aromatic N) is 3. The number of aliphatic carboxylic acids is 1. The van der Waals surface area contributed by atoms with E-state index in [0.29, 0.717) is 24.0 Å². The summed E-state index contributed by atoms with van der Waals surface area (Å²) in [7, 11) is 0. The van der Waals surface area contributed by atoms with Crippen molar-refractivity contribution < 1.29 is 9.90 Å². The minimum atomic E-state index is -0.853. The van der Waals surface area contributed by atoms with E-state index in [1.165, 1.54) is 6.33 Å². The average molecular weight is 259 g/mol. The Morgan fingerprint density at radius 3 is 2.74 bits per heavy atom. The highest BCUT2D eigenvalue weighted by Crippen LogP contribution is 2.13. The summed E-state index contributed by atoms with van der Waals surface area (Å²) in [5, 5.41) is 14.5. The maximum atomic E-state index is 10.4. The fourth-order valence-electron chi connectivity index (χ4n) is 1.39. The molecule has 98 valence electrons. The van der Waals surface area contributed by atoms with Crippen LogP contribution in [0, 0.1) is 0 Å². The van der Waals surface area contributed by atoms with Gasteiger partial charge in [0.05, 0.1) is 6.42 Å². The lowest BCUT2D eigenvalue weighted by atomic mass is 10.4. The molecule has 0 aliphatic carbocycles. The third-order valence-electron chi connectivity index (χ3n) is 2.23. The van der Waals surface area contributed by atoms with Gasteiger partial charge in [-0.1, -0.05) is 6.07 Å². The van der Waals surface area contributed by atoms with Gasteiger partial charge in [0.1, 0.15) is 23.8 Å². The van der Waals surface area contributed by atoms with E-state index in [0.717, 1.165) is 0 Å². The molecule has 2 aromatic heterocycles. The molecule has 0 unspecified atom stereocenters. The number of hydrogen-bond donors (Lipinski definition) is 3. The summed E-state index contributed by atoms with van der Waals surface area (Å²) in [4.78, 5) is 22.6. The zero-order valence-electron chi connectivity index (χ0n) is 10.1. The van der Waals surface area contributed by atoms with Crippen LogP contribution in [-0.4, -0.2) is 32.6 Å². The molecular formula is C12H13N5O2. The molecule has 2 rings (SSSR count). The van der Waals surface area contributed by atoms with Crippen molar-refractivity contribution in [2.75, 3.05) is 17.2 Å². The summed E-state index contributed by atoms with van der Waals surface area (Å²) in [5.74, 6) is 0.979. The van der Waals surface area contributed by atoms with Crippen LogP contribution >= 0.6 is 0 Å². The molecule has 0 aromatic carbocycles. The van der Waals surface area contributed by atoms with Crippen molar-refractivity contribution >= 4 is 23.4 Å². The normalized spacial score (nSPS) is 9.89. The van der Waals surface area contributed by atoms with Crippen molar-refractivity contribution in [2.45, 2.75) is 6.42 Å². The number of nitrogens with one attached hydrogen (secondary N) is 2. The molecule has 7 nitrogen and oxygen atoms in total. The first-order valence-corrected chi connectivity index (χ1v) is 5.70. The second-order valence-corrected chi connectivity index (χ2v) is 3.70. The van der Waals surface area contributed by atoms with Crippen molar-refractivity contribution in [3.05, 3.63) is 36.8 Å². The highest BCUT2D eigenvalue weighted by Gasteiger charge is 2.01. The van der Waals surface area contributed by atoms with E-state index in [-0.39, 0.29) is 6.42 Å². The highest BCUT2D eigenvalue weighted by atomic mass is 16.4.